The number of pyridine rings is 1. The van der Waals surface area contributed by atoms with Crippen LogP contribution in [0.25, 0.3) is 0 Å². The molecule has 25 heavy (non-hydrogen) atoms. The number of aliphatic hydroxyl groups is 1. The summed E-state index contributed by atoms with van der Waals surface area (Å²) in [7, 11) is 3.41. The Morgan fingerprint density at radius 3 is 2.84 bits per heavy atom. The lowest BCUT2D eigenvalue weighted by molar-refractivity contribution is -0.146. The highest BCUT2D eigenvalue weighted by Crippen LogP contribution is 2.28. The summed E-state index contributed by atoms with van der Waals surface area (Å²) in [4.78, 5) is 29.8. The van der Waals surface area contributed by atoms with Crippen LogP contribution in [0.3, 0.4) is 0 Å². The number of aliphatic hydroxyl groups excluding tert-OH is 1. The highest BCUT2D eigenvalue weighted by Gasteiger charge is 2.28. The van der Waals surface area contributed by atoms with Crippen LogP contribution in [-0.4, -0.2) is 53.7 Å². The molecule has 0 saturated carbocycles. The zero-order valence-corrected chi connectivity index (χ0v) is 15.3. The van der Waals surface area contributed by atoms with Crippen molar-refractivity contribution in [1.82, 2.24) is 9.88 Å². The fraction of sp³-hybridized carbons (Fsp3) is 0.632. The number of esters is 1. The van der Waals surface area contributed by atoms with Crippen LogP contribution in [-0.2, 0) is 22.4 Å². The van der Waals surface area contributed by atoms with Crippen molar-refractivity contribution in [3.05, 3.63) is 29.1 Å². The van der Waals surface area contributed by atoms with E-state index in [1.54, 1.807) is 20.2 Å². The van der Waals surface area contributed by atoms with Crippen LogP contribution in [0.4, 0.5) is 0 Å². The van der Waals surface area contributed by atoms with Gasteiger partial charge in [-0.1, -0.05) is 19.4 Å². The third-order valence-electron chi connectivity index (χ3n) is 4.61. The highest BCUT2D eigenvalue weighted by atomic mass is 16.5. The van der Waals surface area contributed by atoms with E-state index in [0.29, 0.717) is 25.1 Å². The van der Waals surface area contributed by atoms with Crippen LogP contribution in [0.5, 0.6) is 0 Å². The van der Waals surface area contributed by atoms with Crippen molar-refractivity contribution in [2.45, 2.75) is 51.6 Å². The number of fused-ring (bicyclic) bond motifs is 1. The summed E-state index contributed by atoms with van der Waals surface area (Å²) in [5.74, 6) is -0.431. The van der Waals surface area contributed by atoms with E-state index >= 15 is 0 Å². The minimum absolute atomic E-state index is 0.0171. The summed E-state index contributed by atoms with van der Waals surface area (Å²) < 4.78 is 5.12. The summed E-state index contributed by atoms with van der Waals surface area (Å²) in [6.45, 7) is 2.45. The van der Waals surface area contributed by atoms with Crippen LogP contribution in [0, 0.1) is 5.92 Å². The maximum atomic E-state index is 12.0. The fourth-order valence-electron chi connectivity index (χ4n) is 3.04. The van der Waals surface area contributed by atoms with Gasteiger partial charge in [-0.3, -0.25) is 9.59 Å². The van der Waals surface area contributed by atoms with Crippen molar-refractivity contribution in [2.75, 3.05) is 20.7 Å². The molecule has 1 N–H and O–H groups in total. The third kappa shape index (κ3) is 5.26. The normalized spacial score (nSPS) is 17.5. The number of carbonyl (C=O) groups excluding carboxylic acids is 2. The molecule has 1 amide bonds. The van der Waals surface area contributed by atoms with Gasteiger partial charge >= 0.3 is 5.97 Å². The van der Waals surface area contributed by atoms with Crippen LogP contribution in [0.1, 0.15) is 54.4 Å². The van der Waals surface area contributed by atoms with Gasteiger partial charge in [-0.25, -0.2) is 4.98 Å². The summed E-state index contributed by atoms with van der Waals surface area (Å²) in [6, 6.07) is 3.65. The summed E-state index contributed by atoms with van der Waals surface area (Å²) >= 11 is 0. The molecule has 0 radical (unpaired) electrons. The van der Waals surface area contributed by atoms with Crippen LogP contribution < -0.4 is 0 Å². The second-order valence-corrected chi connectivity index (χ2v) is 6.85. The maximum Gasteiger partial charge on any atom is 0.308 e. The maximum absolute atomic E-state index is 12.0. The molecule has 0 aliphatic heterocycles. The SMILES string of the molecule is CCCCOC(=O)CC(O)C1CCc2nc(C(=O)N(C)C)ccc2C1. The number of ether oxygens (including phenoxy) is 1. The Hall–Kier alpha value is -1.95. The molecular weight excluding hydrogens is 320 g/mol. The first-order chi connectivity index (χ1) is 11.9. The molecule has 2 rings (SSSR count). The minimum Gasteiger partial charge on any atom is -0.466 e. The third-order valence-corrected chi connectivity index (χ3v) is 4.61. The largest absolute Gasteiger partial charge is 0.466 e. The van der Waals surface area contributed by atoms with Gasteiger partial charge in [0.1, 0.15) is 5.69 Å². The van der Waals surface area contributed by atoms with E-state index in [4.69, 9.17) is 4.74 Å². The molecule has 1 heterocycles. The monoisotopic (exact) mass is 348 g/mol. The Balaban J connectivity index is 1.94. The Bertz CT molecular complexity index is 615. The first kappa shape index (κ1) is 19.4. The number of rotatable bonds is 7. The van der Waals surface area contributed by atoms with Gasteiger partial charge in [-0.05, 0) is 43.2 Å². The smallest absolute Gasteiger partial charge is 0.308 e. The van der Waals surface area contributed by atoms with E-state index < -0.39 is 6.10 Å². The molecule has 2 atom stereocenters. The van der Waals surface area contributed by atoms with E-state index in [-0.39, 0.29) is 24.2 Å². The standard InChI is InChI=1S/C19H28N2O4/c1-4-5-10-25-18(23)12-17(22)14-7-8-15-13(11-14)6-9-16(20-15)19(24)21(2)3/h6,9,14,17,22H,4-5,7-8,10-12H2,1-3H3. The van der Waals surface area contributed by atoms with E-state index in [2.05, 4.69) is 4.98 Å². The lowest BCUT2D eigenvalue weighted by Gasteiger charge is -2.28. The predicted octanol–water partition coefficient (Wildman–Crippen LogP) is 1.98. The van der Waals surface area contributed by atoms with E-state index in [1.165, 1.54) is 4.90 Å². The molecule has 1 aromatic heterocycles. The molecule has 6 nitrogen and oxygen atoms in total. The fourth-order valence-corrected chi connectivity index (χ4v) is 3.04. The molecule has 1 aliphatic rings. The van der Waals surface area contributed by atoms with Crippen LogP contribution >= 0.6 is 0 Å². The number of nitrogens with zero attached hydrogens (tertiary/aromatic N) is 2. The van der Waals surface area contributed by atoms with Crippen molar-refractivity contribution in [1.29, 1.82) is 0 Å². The molecule has 2 unspecified atom stereocenters. The number of hydrogen-bond acceptors (Lipinski definition) is 5. The topological polar surface area (TPSA) is 79.7 Å². The van der Waals surface area contributed by atoms with Gasteiger partial charge in [0.25, 0.3) is 5.91 Å². The van der Waals surface area contributed by atoms with Crippen molar-refractivity contribution < 1.29 is 19.4 Å². The van der Waals surface area contributed by atoms with Gasteiger partial charge in [-0.2, -0.15) is 0 Å². The molecule has 0 spiro atoms. The highest BCUT2D eigenvalue weighted by molar-refractivity contribution is 5.92. The van der Waals surface area contributed by atoms with Gasteiger partial charge < -0.3 is 14.7 Å². The molecule has 1 aromatic rings. The first-order valence-electron chi connectivity index (χ1n) is 8.96. The number of unbranched alkanes of at least 4 members (excludes halogenated alkanes) is 1. The molecule has 0 bridgehead atoms. The Kier molecular flexibility index (Phi) is 6.93. The Labute approximate surface area is 149 Å². The number of aryl methyl sites for hydroxylation is 1. The van der Waals surface area contributed by atoms with Gasteiger partial charge in [-0.15, -0.1) is 0 Å². The quantitative estimate of drug-likeness (QED) is 0.602. The zero-order chi connectivity index (χ0) is 18.4. The predicted molar refractivity (Wildman–Crippen MR) is 94.3 cm³/mol. The van der Waals surface area contributed by atoms with Crippen LogP contribution in [0.15, 0.2) is 12.1 Å². The Morgan fingerprint density at radius 2 is 2.16 bits per heavy atom. The molecule has 0 fully saturated rings. The molecular formula is C19H28N2O4. The summed E-state index contributed by atoms with van der Waals surface area (Å²) in [5.41, 5.74) is 2.41. The van der Waals surface area contributed by atoms with Gasteiger partial charge in [0.15, 0.2) is 0 Å². The molecule has 138 valence electrons. The van der Waals surface area contributed by atoms with Crippen molar-refractivity contribution >= 4 is 11.9 Å². The molecule has 0 aromatic carbocycles. The van der Waals surface area contributed by atoms with Crippen molar-refractivity contribution in [2.24, 2.45) is 5.92 Å². The van der Waals surface area contributed by atoms with E-state index in [9.17, 15) is 14.7 Å². The van der Waals surface area contributed by atoms with Crippen molar-refractivity contribution in [3.8, 4) is 0 Å². The average molecular weight is 348 g/mol. The number of carbonyl (C=O) groups is 2. The van der Waals surface area contributed by atoms with E-state index in [1.807, 2.05) is 13.0 Å². The molecule has 0 saturated heterocycles. The van der Waals surface area contributed by atoms with Crippen molar-refractivity contribution in [3.63, 3.8) is 0 Å². The zero-order valence-electron chi connectivity index (χ0n) is 15.3. The van der Waals surface area contributed by atoms with Gasteiger partial charge in [0.05, 0.1) is 19.1 Å². The number of aromatic nitrogens is 1. The molecule has 6 heteroatoms. The summed E-state index contributed by atoms with van der Waals surface area (Å²) in [5, 5.41) is 10.4. The lowest BCUT2D eigenvalue weighted by Crippen LogP contribution is -2.30. The molecule has 1 aliphatic carbocycles. The van der Waals surface area contributed by atoms with Gasteiger partial charge in [0.2, 0.25) is 0 Å². The average Bonchev–Trinajstić information content (AvgIpc) is 2.60. The van der Waals surface area contributed by atoms with Crippen LogP contribution in [0.2, 0.25) is 0 Å². The second-order valence-electron chi connectivity index (χ2n) is 6.85. The number of amides is 1. The summed E-state index contributed by atoms with van der Waals surface area (Å²) in [6.07, 6.45) is 3.28. The lowest BCUT2D eigenvalue weighted by atomic mass is 9.82. The Morgan fingerprint density at radius 1 is 1.40 bits per heavy atom. The minimum atomic E-state index is -0.703. The van der Waals surface area contributed by atoms with E-state index in [0.717, 1.165) is 30.5 Å². The second kappa shape index (κ2) is 8.94. The number of hydrogen-bond donors (Lipinski definition) is 1. The first-order valence-corrected chi connectivity index (χ1v) is 8.96. The van der Waals surface area contributed by atoms with Gasteiger partial charge in [0, 0.05) is 19.8 Å².